The Kier molecular flexibility index (Phi) is 4.49. The van der Waals surface area contributed by atoms with Gasteiger partial charge < -0.3 is 10.6 Å². The van der Waals surface area contributed by atoms with Crippen molar-refractivity contribution in [2.24, 2.45) is 23.2 Å². The largest absolute Gasteiger partial charge is 0.350 e. The van der Waals surface area contributed by atoms with Gasteiger partial charge in [0.1, 0.15) is 5.82 Å². The molecule has 0 unspecified atom stereocenters. The van der Waals surface area contributed by atoms with Crippen molar-refractivity contribution in [3.63, 3.8) is 0 Å². The molecule has 0 spiro atoms. The van der Waals surface area contributed by atoms with Crippen LogP contribution in [-0.2, 0) is 16.1 Å². The smallest absolute Gasteiger partial charge is 0.239 e. The normalized spacial score (nSPS) is 31.7. The molecule has 1 aromatic carbocycles. The van der Waals surface area contributed by atoms with Crippen molar-refractivity contribution in [3.05, 3.63) is 35.1 Å². The van der Waals surface area contributed by atoms with Gasteiger partial charge in [0.25, 0.3) is 0 Å². The van der Waals surface area contributed by atoms with Crippen LogP contribution in [0.15, 0.2) is 18.2 Å². The molecular formula is C21H27FN2O2. The van der Waals surface area contributed by atoms with Gasteiger partial charge in [0, 0.05) is 12.0 Å². The third-order valence-corrected chi connectivity index (χ3v) is 6.64. The van der Waals surface area contributed by atoms with Gasteiger partial charge in [-0.25, -0.2) is 4.39 Å². The van der Waals surface area contributed by atoms with E-state index in [1.165, 1.54) is 25.3 Å². The monoisotopic (exact) mass is 358 g/mol. The summed E-state index contributed by atoms with van der Waals surface area (Å²) >= 11 is 0. The van der Waals surface area contributed by atoms with Gasteiger partial charge in [-0.3, -0.25) is 9.59 Å². The molecular weight excluding hydrogens is 331 g/mol. The van der Waals surface area contributed by atoms with Crippen LogP contribution in [0.2, 0.25) is 0 Å². The Balaban J connectivity index is 1.28. The SMILES string of the molecule is Cc1cc(CNC(=O)CNC(=O)C23CC4CC(CC(C4)C2)C3)ccc1F. The van der Waals surface area contributed by atoms with E-state index in [-0.39, 0.29) is 29.6 Å². The Hall–Kier alpha value is -1.91. The molecule has 4 fully saturated rings. The number of halogens is 1. The zero-order valence-electron chi connectivity index (χ0n) is 15.3. The summed E-state index contributed by atoms with van der Waals surface area (Å²) in [4.78, 5) is 24.9. The molecule has 0 saturated heterocycles. The topological polar surface area (TPSA) is 58.2 Å². The van der Waals surface area contributed by atoms with E-state index >= 15 is 0 Å². The summed E-state index contributed by atoms with van der Waals surface area (Å²) in [5.74, 6) is 1.75. The van der Waals surface area contributed by atoms with Crippen LogP contribution in [0.4, 0.5) is 4.39 Å². The average molecular weight is 358 g/mol. The number of rotatable bonds is 5. The van der Waals surface area contributed by atoms with E-state index < -0.39 is 0 Å². The lowest BCUT2D eigenvalue weighted by atomic mass is 9.49. The van der Waals surface area contributed by atoms with Gasteiger partial charge in [-0.2, -0.15) is 0 Å². The van der Waals surface area contributed by atoms with Crippen LogP contribution in [0.1, 0.15) is 49.7 Å². The summed E-state index contributed by atoms with van der Waals surface area (Å²) in [5, 5.41) is 5.68. The Bertz CT molecular complexity index is 695. The molecule has 2 N–H and O–H groups in total. The van der Waals surface area contributed by atoms with Gasteiger partial charge in [0.2, 0.25) is 11.8 Å². The van der Waals surface area contributed by atoms with Gasteiger partial charge in [0.15, 0.2) is 0 Å². The predicted molar refractivity (Wildman–Crippen MR) is 96.6 cm³/mol. The molecule has 0 aliphatic heterocycles. The summed E-state index contributed by atoms with van der Waals surface area (Å²) < 4.78 is 13.3. The summed E-state index contributed by atoms with van der Waals surface area (Å²) in [6.07, 6.45) is 6.89. The quantitative estimate of drug-likeness (QED) is 0.850. The zero-order valence-corrected chi connectivity index (χ0v) is 15.3. The second kappa shape index (κ2) is 6.67. The predicted octanol–water partition coefficient (Wildman–Crippen LogP) is 3.08. The molecule has 4 saturated carbocycles. The van der Waals surface area contributed by atoms with Crippen LogP contribution in [0.5, 0.6) is 0 Å². The first kappa shape index (κ1) is 17.5. The zero-order chi connectivity index (χ0) is 18.3. The highest BCUT2D eigenvalue weighted by Crippen LogP contribution is 2.60. The lowest BCUT2D eigenvalue weighted by molar-refractivity contribution is -0.147. The van der Waals surface area contributed by atoms with E-state index in [9.17, 15) is 14.0 Å². The van der Waals surface area contributed by atoms with Crippen molar-refractivity contribution in [3.8, 4) is 0 Å². The maximum atomic E-state index is 13.3. The molecule has 5 rings (SSSR count). The van der Waals surface area contributed by atoms with E-state index in [1.54, 1.807) is 19.1 Å². The highest BCUT2D eigenvalue weighted by molar-refractivity contribution is 5.88. The number of amides is 2. The van der Waals surface area contributed by atoms with Crippen molar-refractivity contribution in [1.82, 2.24) is 10.6 Å². The van der Waals surface area contributed by atoms with Gasteiger partial charge in [-0.1, -0.05) is 12.1 Å². The van der Waals surface area contributed by atoms with E-state index in [1.807, 2.05) is 0 Å². The van der Waals surface area contributed by atoms with E-state index in [4.69, 9.17) is 0 Å². The first-order valence-corrected chi connectivity index (χ1v) is 9.73. The number of hydrogen-bond donors (Lipinski definition) is 2. The molecule has 4 aliphatic carbocycles. The molecule has 5 heteroatoms. The number of hydrogen-bond acceptors (Lipinski definition) is 2. The van der Waals surface area contributed by atoms with Crippen molar-refractivity contribution in [2.45, 2.75) is 52.0 Å². The van der Waals surface area contributed by atoms with Crippen LogP contribution in [0.25, 0.3) is 0 Å². The minimum Gasteiger partial charge on any atom is -0.350 e. The molecule has 0 aromatic heterocycles. The standard InChI is InChI=1S/C21H27FN2O2/c1-13-4-14(2-3-18(13)22)11-23-19(25)12-24-20(26)21-8-15-5-16(9-21)7-17(6-15)10-21/h2-4,15-17H,5-12H2,1H3,(H,23,25)(H,24,26). The number of aryl methyl sites for hydroxylation is 1. The van der Waals surface area contributed by atoms with E-state index in [2.05, 4.69) is 10.6 Å². The minimum atomic E-state index is -0.247. The fourth-order valence-electron chi connectivity index (χ4n) is 5.82. The van der Waals surface area contributed by atoms with E-state index in [0.717, 1.165) is 24.8 Å². The highest BCUT2D eigenvalue weighted by atomic mass is 19.1. The molecule has 4 bridgehead atoms. The van der Waals surface area contributed by atoms with Crippen LogP contribution < -0.4 is 10.6 Å². The fraction of sp³-hybridized carbons (Fsp3) is 0.619. The molecule has 0 atom stereocenters. The summed E-state index contributed by atoms with van der Waals surface area (Å²) in [6.45, 7) is 2.06. The maximum absolute atomic E-state index is 13.3. The Morgan fingerprint density at radius 3 is 2.27 bits per heavy atom. The van der Waals surface area contributed by atoms with Crippen LogP contribution in [0, 0.1) is 35.9 Å². The van der Waals surface area contributed by atoms with Gasteiger partial charge in [-0.15, -0.1) is 0 Å². The van der Waals surface area contributed by atoms with Crippen LogP contribution in [0.3, 0.4) is 0 Å². The first-order chi connectivity index (χ1) is 12.4. The molecule has 0 heterocycles. The maximum Gasteiger partial charge on any atom is 0.239 e. The molecule has 1 aromatic rings. The van der Waals surface area contributed by atoms with Gasteiger partial charge in [-0.05, 0) is 80.4 Å². The summed E-state index contributed by atoms with van der Waals surface area (Å²) in [7, 11) is 0. The van der Waals surface area contributed by atoms with Crippen molar-refractivity contribution < 1.29 is 14.0 Å². The third-order valence-electron chi connectivity index (χ3n) is 6.64. The van der Waals surface area contributed by atoms with Crippen LogP contribution >= 0.6 is 0 Å². The first-order valence-electron chi connectivity index (χ1n) is 9.73. The molecule has 140 valence electrons. The fourth-order valence-corrected chi connectivity index (χ4v) is 5.82. The second-order valence-corrected chi connectivity index (χ2v) is 8.74. The Morgan fingerprint density at radius 2 is 1.69 bits per heavy atom. The third kappa shape index (κ3) is 3.36. The van der Waals surface area contributed by atoms with Crippen LogP contribution in [-0.4, -0.2) is 18.4 Å². The van der Waals surface area contributed by atoms with E-state index in [0.29, 0.717) is 29.9 Å². The second-order valence-electron chi connectivity index (χ2n) is 8.74. The van der Waals surface area contributed by atoms with Gasteiger partial charge >= 0.3 is 0 Å². The number of carbonyl (C=O) groups is 2. The Morgan fingerprint density at radius 1 is 1.08 bits per heavy atom. The molecule has 4 aliphatic rings. The molecule has 2 amide bonds. The lowest BCUT2D eigenvalue weighted by Gasteiger charge is -2.55. The lowest BCUT2D eigenvalue weighted by Crippen LogP contribution is -2.54. The molecule has 0 radical (unpaired) electrons. The molecule has 4 nitrogen and oxygen atoms in total. The van der Waals surface area contributed by atoms with Crippen molar-refractivity contribution in [2.75, 3.05) is 6.54 Å². The van der Waals surface area contributed by atoms with Gasteiger partial charge in [0.05, 0.1) is 6.54 Å². The number of nitrogens with one attached hydrogen (secondary N) is 2. The highest BCUT2D eigenvalue weighted by Gasteiger charge is 2.54. The number of benzene rings is 1. The van der Waals surface area contributed by atoms with Crippen molar-refractivity contribution >= 4 is 11.8 Å². The Labute approximate surface area is 153 Å². The summed E-state index contributed by atoms with van der Waals surface area (Å²) in [5.41, 5.74) is 1.19. The minimum absolute atomic E-state index is 0.0146. The summed E-state index contributed by atoms with van der Waals surface area (Å²) in [6, 6.07) is 4.80. The average Bonchev–Trinajstić information content (AvgIpc) is 2.59. The van der Waals surface area contributed by atoms with Crippen molar-refractivity contribution in [1.29, 1.82) is 0 Å². The molecule has 26 heavy (non-hydrogen) atoms. The number of carbonyl (C=O) groups excluding carboxylic acids is 2.